The highest BCUT2D eigenvalue weighted by Crippen LogP contribution is 2.34. The highest BCUT2D eigenvalue weighted by molar-refractivity contribution is 5.91. The van der Waals surface area contributed by atoms with Crippen LogP contribution in [0.5, 0.6) is 0 Å². The minimum absolute atomic E-state index is 0.0492. The van der Waals surface area contributed by atoms with Gasteiger partial charge in [-0.05, 0) is 81.4 Å². The van der Waals surface area contributed by atoms with Gasteiger partial charge in [0.15, 0.2) is 5.82 Å². The summed E-state index contributed by atoms with van der Waals surface area (Å²) in [5.74, 6) is 1.51. The Morgan fingerprint density at radius 1 is 0.821 bits per heavy atom. The van der Waals surface area contributed by atoms with E-state index in [1.54, 1.807) is 0 Å². The fraction of sp³-hybridized carbons (Fsp3) is 0.438. The molecule has 0 radical (unpaired) electrons. The van der Waals surface area contributed by atoms with E-state index in [0.717, 1.165) is 53.6 Å². The average molecular weight is 526 g/mol. The molecular formula is C32H39N5O2. The van der Waals surface area contributed by atoms with Crippen LogP contribution in [-0.4, -0.2) is 28.1 Å². The summed E-state index contributed by atoms with van der Waals surface area (Å²) in [7, 11) is 0. The summed E-state index contributed by atoms with van der Waals surface area (Å²) >= 11 is 0. The molecule has 0 saturated heterocycles. The summed E-state index contributed by atoms with van der Waals surface area (Å²) in [4.78, 5) is 25.1. The standard InChI is InChI=1S/C32H39N5O2/c1-32(2,33)25-14-12-24(13-15-25)31-27(23-6-4-3-5-7-23)20-28(36-37-31)35-30(39)19-22-10-16-26(17-11-22)34-29(38)18-21-8-9-21/h3-7,12-15,20-22,26H,8-11,16-19,33H2,1-2H3,(H,34,38)(H,35,36,39)/t22-,26-. The minimum atomic E-state index is -0.427. The van der Waals surface area contributed by atoms with E-state index in [1.807, 2.05) is 74.5 Å². The lowest BCUT2D eigenvalue weighted by Crippen LogP contribution is -2.38. The first-order chi connectivity index (χ1) is 18.7. The largest absolute Gasteiger partial charge is 0.353 e. The van der Waals surface area contributed by atoms with Gasteiger partial charge in [-0.2, -0.15) is 0 Å². The van der Waals surface area contributed by atoms with E-state index in [2.05, 4.69) is 20.8 Å². The number of amides is 2. The van der Waals surface area contributed by atoms with Crippen molar-refractivity contribution in [1.29, 1.82) is 0 Å². The summed E-state index contributed by atoms with van der Waals surface area (Å²) in [6.45, 7) is 3.96. The minimum Gasteiger partial charge on any atom is -0.353 e. The molecule has 2 aliphatic carbocycles. The van der Waals surface area contributed by atoms with Crippen LogP contribution >= 0.6 is 0 Å². The molecule has 0 bridgehead atoms. The van der Waals surface area contributed by atoms with Gasteiger partial charge in [0.05, 0.1) is 0 Å². The second-order valence-corrected chi connectivity index (χ2v) is 11.8. The van der Waals surface area contributed by atoms with Crippen molar-refractivity contribution in [2.24, 2.45) is 17.6 Å². The third kappa shape index (κ3) is 7.30. The van der Waals surface area contributed by atoms with Gasteiger partial charge in [0.25, 0.3) is 0 Å². The first-order valence-electron chi connectivity index (χ1n) is 14.2. The van der Waals surface area contributed by atoms with E-state index in [0.29, 0.717) is 30.5 Å². The number of hydrogen-bond acceptors (Lipinski definition) is 5. The number of benzene rings is 2. The third-order valence-corrected chi connectivity index (χ3v) is 7.91. The quantitative estimate of drug-likeness (QED) is 0.327. The van der Waals surface area contributed by atoms with Crippen LogP contribution in [-0.2, 0) is 15.1 Å². The van der Waals surface area contributed by atoms with Gasteiger partial charge in [-0.1, -0.05) is 54.6 Å². The Kier molecular flexibility index (Phi) is 8.07. The predicted molar refractivity (Wildman–Crippen MR) is 155 cm³/mol. The number of hydrogen-bond donors (Lipinski definition) is 3. The van der Waals surface area contributed by atoms with E-state index >= 15 is 0 Å². The molecule has 3 aromatic rings. The molecule has 0 aliphatic heterocycles. The lowest BCUT2D eigenvalue weighted by atomic mass is 9.84. The fourth-order valence-corrected chi connectivity index (χ4v) is 5.40. The molecule has 1 heterocycles. The SMILES string of the molecule is CC(C)(N)c1ccc(-c2nnc(NC(=O)C[C@H]3CC[C@H](NC(=O)CC4CC4)CC3)cc2-c2ccccc2)cc1. The second-order valence-electron chi connectivity index (χ2n) is 11.8. The Bertz CT molecular complexity index is 1290. The van der Waals surface area contributed by atoms with Crippen molar-refractivity contribution in [3.05, 3.63) is 66.2 Å². The van der Waals surface area contributed by atoms with Crippen LogP contribution < -0.4 is 16.4 Å². The maximum Gasteiger partial charge on any atom is 0.225 e. The van der Waals surface area contributed by atoms with E-state index < -0.39 is 5.54 Å². The molecular weight excluding hydrogens is 486 g/mol. The highest BCUT2D eigenvalue weighted by atomic mass is 16.2. The molecule has 7 heteroatoms. The number of carbonyl (C=O) groups is 2. The zero-order chi connectivity index (χ0) is 27.4. The van der Waals surface area contributed by atoms with Crippen molar-refractivity contribution < 1.29 is 9.59 Å². The first kappa shape index (κ1) is 27.0. The van der Waals surface area contributed by atoms with Crippen LogP contribution in [0.1, 0.15) is 70.8 Å². The molecule has 204 valence electrons. The maximum atomic E-state index is 12.9. The molecule has 2 amide bonds. The summed E-state index contributed by atoms with van der Waals surface area (Å²) in [6, 6.07) is 20.2. The lowest BCUT2D eigenvalue weighted by molar-refractivity contribution is -0.122. The van der Waals surface area contributed by atoms with E-state index in [-0.39, 0.29) is 17.9 Å². The van der Waals surface area contributed by atoms with Gasteiger partial charge < -0.3 is 16.4 Å². The topological polar surface area (TPSA) is 110 Å². The van der Waals surface area contributed by atoms with Crippen molar-refractivity contribution in [2.75, 3.05) is 5.32 Å². The van der Waals surface area contributed by atoms with Crippen molar-refractivity contribution in [1.82, 2.24) is 15.5 Å². The van der Waals surface area contributed by atoms with Crippen molar-refractivity contribution in [3.8, 4) is 22.4 Å². The van der Waals surface area contributed by atoms with Crippen molar-refractivity contribution in [2.45, 2.75) is 76.8 Å². The molecule has 7 nitrogen and oxygen atoms in total. The van der Waals surface area contributed by atoms with E-state index in [1.165, 1.54) is 12.8 Å². The van der Waals surface area contributed by atoms with Gasteiger partial charge in [0.2, 0.25) is 11.8 Å². The molecule has 1 aromatic heterocycles. The predicted octanol–water partition coefficient (Wildman–Crippen LogP) is 5.81. The van der Waals surface area contributed by atoms with Crippen molar-refractivity contribution >= 4 is 17.6 Å². The third-order valence-electron chi connectivity index (χ3n) is 7.91. The zero-order valence-electron chi connectivity index (χ0n) is 23.0. The number of anilines is 1. The van der Waals surface area contributed by atoms with Gasteiger partial charge in [0, 0.05) is 35.5 Å². The molecule has 0 spiro atoms. The molecule has 2 fully saturated rings. The number of nitrogens with two attached hydrogens (primary N) is 1. The maximum absolute atomic E-state index is 12.9. The Morgan fingerprint density at radius 2 is 1.44 bits per heavy atom. The van der Waals surface area contributed by atoms with Gasteiger partial charge in [-0.3, -0.25) is 9.59 Å². The van der Waals surface area contributed by atoms with Crippen LogP contribution in [0.4, 0.5) is 5.82 Å². The second kappa shape index (κ2) is 11.7. The van der Waals surface area contributed by atoms with Crippen LogP contribution in [0.25, 0.3) is 22.4 Å². The molecule has 2 aromatic carbocycles. The Morgan fingerprint density at radius 3 is 2.05 bits per heavy atom. The van der Waals surface area contributed by atoms with Gasteiger partial charge in [-0.25, -0.2) is 0 Å². The normalized spacial score (nSPS) is 19.4. The average Bonchev–Trinajstić information content (AvgIpc) is 3.74. The Labute approximate surface area is 231 Å². The smallest absolute Gasteiger partial charge is 0.225 e. The molecule has 2 saturated carbocycles. The summed E-state index contributed by atoms with van der Waals surface area (Å²) in [6.07, 6.45) is 7.25. The van der Waals surface area contributed by atoms with Crippen LogP contribution in [0.2, 0.25) is 0 Å². The molecule has 4 N–H and O–H groups in total. The fourth-order valence-electron chi connectivity index (χ4n) is 5.40. The monoisotopic (exact) mass is 525 g/mol. The molecule has 0 atom stereocenters. The van der Waals surface area contributed by atoms with Gasteiger partial charge >= 0.3 is 0 Å². The van der Waals surface area contributed by atoms with E-state index in [9.17, 15) is 9.59 Å². The summed E-state index contributed by atoms with van der Waals surface area (Å²) in [5.41, 5.74) is 10.5. The number of aromatic nitrogens is 2. The summed E-state index contributed by atoms with van der Waals surface area (Å²) < 4.78 is 0. The number of nitrogens with zero attached hydrogens (tertiary/aromatic N) is 2. The number of nitrogens with one attached hydrogen (secondary N) is 2. The van der Waals surface area contributed by atoms with Crippen molar-refractivity contribution in [3.63, 3.8) is 0 Å². The highest BCUT2D eigenvalue weighted by Gasteiger charge is 2.28. The van der Waals surface area contributed by atoms with Gasteiger partial charge in [-0.15, -0.1) is 10.2 Å². The molecule has 2 aliphatic rings. The van der Waals surface area contributed by atoms with Gasteiger partial charge in [0.1, 0.15) is 5.69 Å². The Hall–Kier alpha value is -3.58. The van der Waals surface area contributed by atoms with Crippen LogP contribution in [0.3, 0.4) is 0 Å². The number of carbonyl (C=O) groups excluding carboxylic acids is 2. The van der Waals surface area contributed by atoms with Crippen LogP contribution in [0.15, 0.2) is 60.7 Å². The van der Waals surface area contributed by atoms with Crippen LogP contribution in [0, 0.1) is 11.8 Å². The molecule has 0 unspecified atom stereocenters. The van der Waals surface area contributed by atoms with E-state index in [4.69, 9.17) is 5.73 Å². The number of rotatable bonds is 9. The molecule has 39 heavy (non-hydrogen) atoms. The lowest BCUT2D eigenvalue weighted by Gasteiger charge is -2.28. The first-order valence-corrected chi connectivity index (χ1v) is 14.2. The summed E-state index contributed by atoms with van der Waals surface area (Å²) in [5, 5.41) is 15.1. The Balaban J connectivity index is 1.23. The molecule has 5 rings (SSSR count). The zero-order valence-corrected chi connectivity index (χ0v) is 23.0.